The molecule has 0 aromatic heterocycles. The minimum atomic E-state index is -3.98. The highest BCUT2D eigenvalue weighted by Crippen LogP contribution is 2.23. The molecular weight excluding hydrogens is 307 g/mol. The first-order valence-electron chi connectivity index (χ1n) is 5.96. The quantitative estimate of drug-likeness (QED) is 0.798. The average molecular weight is 325 g/mol. The maximum atomic E-state index is 14.2. The predicted octanol–water partition coefficient (Wildman–Crippen LogP) is 1.51. The Morgan fingerprint density at radius 3 is 2.65 bits per heavy atom. The van der Waals surface area contributed by atoms with Gasteiger partial charge in [0.05, 0.1) is 6.10 Å². The van der Waals surface area contributed by atoms with E-state index in [4.69, 9.17) is 16.3 Å². The van der Waals surface area contributed by atoms with Crippen LogP contribution in [0.5, 0.6) is 0 Å². The summed E-state index contributed by atoms with van der Waals surface area (Å²) in [4.78, 5) is -0.460. The third-order valence-electron chi connectivity index (χ3n) is 2.70. The first-order chi connectivity index (χ1) is 9.31. The molecule has 1 atom stereocenters. The van der Waals surface area contributed by atoms with E-state index in [9.17, 15) is 12.8 Å². The van der Waals surface area contributed by atoms with Crippen LogP contribution < -0.4 is 10.0 Å². The maximum absolute atomic E-state index is 14.2. The summed E-state index contributed by atoms with van der Waals surface area (Å²) in [5.41, 5.74) is 0.195. The first-order valence-corrected chi connectivity index (χ1v) is 7.83. The van der Waals surface area contributed by atoms with Crippen LogP contribution in [0.2, 0.25) is 5.02 Å². The van der Waals surface area contributed by atoms with Crippen molar-refractivity contribution in [3.63, 3.8) is 0 Å². The van der Waals surface area contributed by atoms with E-state index in [1.54, 1.807) is 14.0 Å². The van der Waals surface area contributed by atoms with Crippen LogP contribution in [0.15, 0.2) is 17.0 Å². The van der Waals surface area contributed by atoms with Crippen LogP contribution >= 0.6 is 11.6 Å². The van der Waals surface area contributed by atoms with Gasteiger partial charge in [-0.2, -0.15) is 0 Å². The fourth-order valence-corrected chi connectivity index (χ4v) is 3.09. The summed E-state index contributed by atoms with van der Waals surface area (Å²) >= 11 is 5.84. The van der Waals surface area contributed by atoms with Crippen molar-refractivity contribution in [2.45, 2.75) is 24.5 Å². The molecule has 20 heavy (non-hydrogen) atoms. The lowest BCUT2D eigenvalue weighted by atomic mass is 10.2. The van der Waals surface area contributed by atoms with Gasteiger partial charge in [-0.3, -0.25) is 0 Å². The zero-order valence-corrected chi connectivity index (χ0v) is 13.1. The lowest BCUT2D eigenvalue weighted by Gasteiger charge is -2.13. The lowest BCUT2D eigenvalue weighted by Crippen LogP contribution is -2.32. The summed E-state index contributed by atoms with van der Waals surface area (Å²) in [6.07, 6.45) is -0.316. The molecule has 1 rings (SSSR count). The molecule has 1 aromatic rings. The standard InChI is InChI=1S/C12H18ClFN2O3S/c1-8(19-3)6-16-20(17,18)11-5-10(13)4-9(7-15-2)12(11)14/h4-5,8,15-16H,6-7H2,1-3H3. The van der Waals surface area contributed by atoms with Crippen LogP contribution in [0.3, 0.4) is 0 Å². The van der Waals surface area contributed by atoms with Gasteiger partial charge in [0, 0.05) is 30.8 Å². The van der Waals surface area contributed by atoms with Gasteiger partial charge >= 0.3 is 0 Å². The van der Waals surface area contributed by atoms with Crippen LogP contribution in [0.4, 0.5) is 4.39 Å². The fraction of sp³-hybridized carbons (Fsp3) is 0.500. The highest BCUT2D eigenvalue weighted by molar-refractivity contribution is 7.89. The molecule has 0 saturated heterocycles. The van der Waals surface area contributed by atoms with Crippen LogP contribution in [-0.2, 0) is 21.3 Å². The summed E-state index contributed by atoms with van der Waals surface area (Å²) in [6.45, 7) is 1.93. The van der Waals surface area contributed by atoms with E-state index in [0.29, 0.717) is 0 Å². The van der Waals surface area contributed by atoms with Gasteiger partial charge in [0.25, 0.3) is 0 Å². The van der Waals surface area contributed by atoms with Gasteiger partial charge in [-0.1, -0.05) is 11.6 Å². The monoisotopic (exact) mass is 324 g/mol. The Balaban J connectivity index is 3.11. The lowest BCUT2D eigenvalue weighted by molar-refractivity contribution is 0.122. The number of sulfonamides is 1. The predicted molar refractivity (Wildman–Crippen MR) is 75.8 cm³/mol. The van der Waals surface area contributed by atoms with E-state index in [0.717, 1.165) is 6.07 Å². The number of ether oxygens (including phenoxy) is 1. The van der Waals surface area contributed by atoms with Crippen molar-refractivity contribution >= 4 is 21.6 Å². The number of nitrogens with one attached hydrogen (secondary N) is 2. The van der Waals surface area contributed by atoms with E-state index in [-0.39, 0.29) is 29.8 Å². The van der Waals surface area contributed by atoms with Crippen LogP contribution in [-0.4, -0.2) is 35.2 Å². The molecule has 114 valence electrons. The molecule has 5 nitrogen and oxygen atoms in total. The van der Waals surface area contributed by atoms with E-state index in [2.05, 4.69) is 10.0 Å². The molecule has 0 amide bonds. The third-order valence-corrected chi connectivity index (χ3v) is 4.34. The van der Waals surface area contributed by atoms with Gasteiger partial charge in [0.1, 0.15) is 10.7 Å². The zero-order valence-electron chi connectivity index (χ0n) is 11.5. The number of hydrogen-bond donors (Lipinski definition) is 2. The van der Waals surface area contributed by atoms with Gasteiger partial charge in [0.2, 0.25) is 10.0 Å². The summed E-state index contributed by atoms with van der Waals surface area (Å²) in [6, 6.07) is 2.49. The van der Waals surface area contributed by atoms with Crippen LogP contribution in [0.25, 0.3) is 0 Å². The Kier molecular flexibility index (Phi) is 6.35. The number of halogens is 2. The number of hydrogen-bond acceptors (Lipinski definition) is 4. The van der Waals surface area contributed by atoms with Crippen LogP contribution in [0, 0.1) is 5.82 Å². The maximum Gasteiger partial charge on any atom is 0.243 e. The fourth-order valence-electron chi connectivity index (χ4n) is 1.52. The minimum Gasteiger partial charge on any atom is -0.380 e. The molecular formula is C12H18ClFN2O3S. The highest BCUT2D eigenvalue weighted by atomic mass is 35.5. The van der Waals surface area contributed by atoms with Crippen molar-refractivity contribution < 1.29 is 17.5 Å². The van der Waals surface area contributed by atoms with Gasteiger partial charge in [0.15, 0.2) is 0 Å². The van der Waals surface area contributed by atoms with Gasteiger partial charge in [-0.05, 0) is 26.1 Å². The summed E-state index contributed by atoms with van der Waals surface area (Å²) in [5, 5.41) is 2.92. The summed E-state index contributed by atoms with van der Waals surface area (Å²) in [5.74, 6) is -0.804. The van der Waals surface area contributed by atoms with Crippen molar-refractivity contribution in [1.29, 1.82) is 0 Å². The Morgan fingerprint density at radius 1 is 1.45 bits per heavy atom. The molecule has 2 N–H and O–H groups in total. The van der Waals surface area contributed by atoms with Crippen LogP contribution in [0.1, 0.15) is 12.5 Å². The van der Waals surface area contributed by atoms with Crippen molar-refractivity contribution in [1.82, 2.24) is 10.0 Å². The van der Waals surface area contributed by atoms with E-state index < -0.39 is 20.7 Å². The second-order valence-corrected chi connectivity index (χ2v) is 6.48. The zero-order chi connectivity index (χ0) is 15.3. The molecule has 0 bridgehead atoms. The molecule has 0 fully saturated rings. The molecule has 8 heteroatoms. The third kappa shape index (κ3) is 4.39. The molecule has 0 saturated carbocycles. The first kappa shape index (κ1) is 17.3. The smallest absolute Gasteiger partial charge is 0.243 e. The Hall–Kier alpha value is -0.730. The second kappa shape index (κ2) is 7.33. The number of methoxy groups -OCH3 is 1. The summed E-state index contributed by atoms with van der Waals surface area (Å²) < 4.78 is 45.6. The normalized spacial score (nSPS) is 13.4. The Labute approximate surface area is 123 Å². The van der Waals surface area contributed by atoms with E-state index in [1.165, 1.54) is 13.2 Å². The second-order valence-electron chi connectivity index (χ2n) is 4.31. The molecule has 0 aliphatic carbocycles. The highest BCUT2D eigenvalue weighted by Gasteiger charge is 2.22. The van der Waals surface area contributed by atoms with Crippen molar-refractivity contribution in [2.24, 2.45) is 0 Å². The number of rotatable bonds is 7. The molecule has 0 heterocycles. The molecule has 0 spiro atoms. The van der Waals surface area contributed by atoms with E-state index in [1.807, 2.05) is 0 Å². The van der Waals surface area contributed by atoms with Gasteiger partial charge in [-0.25, -0.2) is 17.5 Å². The molecule has 0 aliphatic heterocycles. The SMILES string of the molecule is CNCc1cc(Cl)cc(S(=O)(=O)NCC(C)OC)c1F. The minimum absolute atomic E-state index is 0.0478. The largest absolute Gasteiger partial charge is 0.380 e. The van der Waals surface area contributed by atoms with Crippen molar-refractivity contribution in [3.05, 3.63) is 28.5 Å². The average Bonchev–Trinajstić information content (AvgIpc) is 2.40. The van der Waals surface area contributed by atoms with Gasteiger partial charge < -0.3 is 10.1 Å². The summed E-state index contributed by atoms with van der Waals surface area (Å²) in [7, 11) is -0.882. The van der Waals surface area contributed by atoms with Gasteiger partial charge in [-0.15, -0.1) is 0 Å². The topological polar surface area (TPSA) is 67.4 Å². The Morgan fingerprint density at radius 2 is 2.10 bits per heavy atom. The van der Waals surface area contributed by atoms with Crippen molar-refractivity contribution in [2.75, 3.05) is 20.7 Å². The van der Waals surface area contributed by atoms with Crippen molar-refractivity contribution in [3.8, 4) is 0 Å². The Bertz CT molecular complexity index is 566. The van der Waals surface area contributed by atoms with E-state index >= 15 is 0 Å². The molecule has 1 aromatic carbocycles. The molecule has 1 unspecified atom stereocenters. The molecule has 0 radical (unpaired) electrons. The molecule has 0 aliphatic rings. The number of benzene rings is 1.